The smallest absolute Gasteiger partial charge is 0.339 e. The van der Waals surface area contributed by atoms with Crippen molar-refractivity contribution < 1.29 is 22.8 Å². The Morgan fingerprint density at radius 1 is 0.900 bits per heavy atom. The van der Waals surface area contributed by atoms with Crippen LogP contribution in [0.3, 0.4) is 0 Å². The predicted molar refractivity (Wildman–Crippen MR) is 109 cm³/mol. The number of piperidine rings is 1. The number of fused-ring (bicyclic) bond motifs is 1. The Morgan fingerprint density at radius 3 is 2.17 bits per heavy atom. The van der Waals surface area contributed by atoms with Gasteiger partial charge in [0, 0.05) is 24.2 Å². The van der Waals surface area contributed by atoms with Gasteiger partial charge in [-0.2, -0.15) is 13.2 Å². The minimum atomic E-state index is -4.47. The number of benzene rings is 3. The number of aldehydes is 1. The van der Waals surface area contributed by atoms with Crippen molar-refractivity contribution >= 4 is 23.0 Å². The molecule has 0 spiro atoms. The molecule has 0 bridgehead atoms. The molecule has 3 aromatic carbocycles. The maximum Gasteiger partial charge on any atom is 0.417 e. The van der Waals surface area contributed by atoms with Crippen molar-refractivity contribution in [2.24, 2.45) is 0 Å². The number of hydrogen-bond donors (Lipinski definition) is 0. The lowest BCUT2D eigenvalue weighted by Crippen LogP contribution is -2.38. The Hall–Kier alpha value is -3.15. The van der Waals surface area contributed by atoms with E-state index in [1.165, 1.54) is 18.2 Å². The van der Waals surface area contributed by atoms with E-state index in [0.29, 0.717) is 35.5 Å². The summed E-state index contributed by atoms with van der Waals surface area (Å²) < 4.78 is 40.0. The average molecular weight is 411 g/mol. The summed E-state index contributed by atoms with van der Waals surface area (Å²) in [6, 6.07) is 15.9. The summed E-state index contributed by atoms with van der Waals surface area (Å²) in [6.07, 6.45) is -2.13. The van der Waals surface area contributed by atoms with Crippen LogP contribution >= 0.6 is 0 Å². The van der Waals surface area contributed by atoms with E-state index in [0.717, 1.165) is 30.8 Å². The van der Waals surface area contributed by atoms with Crippen LogP contribution in [-0.2, 0) is 6.18 Å². The van der Waals surface area contributed by atoms with Crippen LogP contribution in [0.1, 0.15) is 50.6 Å². The first kappa shape index (κ1) is 20.1. The van der Waals surface area contributed by atoms with Gasteiger partial charge in [-0.3, -0.25) is 9.59 Å². The second-order valence-corrected chi connectivity index (χ2v) is 7.56. The number of hydrogen-bond acceptors (Lipinski definition) is 2. The molecule has 4 rings (SSSR count). The highest BCUT2D eigenvalue weighted by Crippen LogP contribution is 2.36. The summed E-state index contributed by atoms with van der Waals surface area (Å²) >= 11 is 0. The van der Waals surface area contributed by atoms with Crippen LogP contribution in [0.2, 0.25) is 0 Å². The van der Waals surface area contributed by atoms with Crippen LogP contribution in [0.4, 0.5) is 13.2 Å². The van der Waals surface area contributed by atoms with Crippen LogP contribution in [0.5, 0.6) is 0 Å². The fourth-order valence-electron chi connectivity index (χ4n) is 4.18. The molecule has 1 heterocycles. The molecule has 0 aliphatic carbocycles. The number of carbonyl (C=O) groups is 2. The Labute approximate surface area is 172 Å². The molecule has 0 saturated carbocycles. The predicted octanol–water partition coefficient (Wildman–Crippen LogP) is 5.69. The molecule has 154 valence electrons. The number of rotatable bonds is 3. The van der Waals surface area contributed by atoms with E-state index in [9.17, 15) is 22.8 Å². The van der Waals surface area contributed by atoms with Gasteiger partial charge < -0.3 is 4.90 Å². The van der Waals surface area contributed by atoms with Crippen LogP contribution in [0.25, 0.3) is 10.8 Å². The number of likely N-dealkylation sites (tertiary alicyclic amines) is 1. The minimum absolute atomic E-state index is 0.0426. The van der Waals surface area contributed by atoms with E-state index >= 15 is 0 Å². The number of carbonyl (C=O) groups excluding carboxylic acids is 2. The van der Waals surface area contributed by atoms with Gasteiger partial charge in [-0.05, 0) is 47.2 Å². The molecule has 1 aliphatic heterocycles. The summed E-state index contributed by atoms with van der Waals surface area (Å²) in [5, 5.41) is 0.366. The van der Waals surface area contributed by atoms with E-state index in [2.05, 4.69) is 0 Å². The Bertz CT molecular complexity index is 1080. The van der Waals surface area contributed by atoms with Gasteiger partial charge in [0.25, 0.3) is 5.91 Å². The highest BCUT2D eigenvalue weighted by molar-refractivity contribution is 6.07. The molecule has 0 N–H and O–H groups in total. The fraction of sp³-hybridized carbons (Fsp3) is 0.250. The van der Waals surface area contributed by atoms with E-state index in [-0.39, 0.29) is 11.3 Å². The maximum atomic E-state index is 13.3. The van der Waals surface area contributed by atoms with Crippen molar-refractivity contribution in [3.05, 3.63) is 82.9 Å². The third-order valence-corrected chi connectivity index (χ3v) is 5.78. The standard InChI is InChI=1S/C24H20F3NO2/c25-24(26,27)22-6-2-3-19-20(22)4-1-5-21(19)23(30)28-13-11-18(12-14-28)17-9-7-16(15-29)8-10-17/h1-10,15,18H,11-14H2. The average Bonchev–Trinajstić information content (AvgIpc) is 2.77. The zero-order valence-electron chi connectivity index (χ0n) is 16.2. The molecule has 0 unspecified atom stereocenters. The molecule has 1 fully saturated rings. The molecule has 0 atom stereocenters. The van der Waals surface area contributed by atoms with Crippen molar-refractivity contribution in [3.63, 3.8) is 0 Å². The van der Waals surface area contributed by atoms with Crippen molar-refractivity contribution in [1.82, 2.24) is 4.90 Å². The lowest BCUT2D eigenvalue weighted by Gasteiger charge is -2.32. The van der Waals surface area contributed by atoms with E-state index in [4.69, 9.17) is 0 Å². The number of alkyl halides is 3. The van der Waals surface area contributed by atoms with Gasteiger partial charge >= 0.3 is 6.18 Å². The molecule has 1 aliphatic rings. The first-order valence-electron chi connectivity index (χ1n) is 9.82. The molecular weight excluding hydrogens is 391 g/mol. The van der Waals surface area contributed by atoms with Gasteiger partial charge in [0.2, 0.25) is 0 Å². The minimum Gasteiger partial charge on any atom is -0.339 e. The van der Waals surface area contributed by atoms with Crippen molar-refractivity contribution in [3.8, 4) is 0 Å². The summed E-state index contributed by atoms with van der Waals surface area (Å²) in [4.78, 5) is 25.6. The number of nitrogens with zero attached hydrogens (tertiary/aromatic N) is 1. The first-order valence-corrected chi connectivity index (χ1v) is 9.82. The van der Waals surface area contributed by atoms with Gasteiger partial charge in [-0.1, -0.05) is 48.5 Å². The monoisotopic (exact) mass is 411 g/mol. The maximum absolute atomic E-state index is 13.3. The highest BCUT2D eigenvalue weighted by atomic mass is 19.4. The SMILES string of the molecule is O=Cc1ccc(C2CCN(C(=O)c3cccc4c(C(F)(F)F)cccc34)CC2)cc1. The third-order valence-electron chi connectivity index (χ3n) is 5.78. The van der Waals surface area contributed by atoms with Gasteiger partial charge in [0.15, 0.2) is 0 Å². The molecule has 30 heavy (non-hydrogen) atoms. The Balaban J connectivity index is 1.54. The lowest BCUT2D eigenvalue weighted by atomic mass is 9.88. The second kappa shape index (κ2) is 7.94. The molecular formula is C24H20F3NO2. The zero-order chi connectivity index (χ0) is 21.3. The zero-order valence-corrected chi connectivity index (χ0v) is 16.2. The van der Waals surface area contributed by atoms with E-state index < -0.39 is 11.7 Å². The molecule has 0 radical (unpaired) electrons. The molecule has 1 amide bonds. The quantitative estimate of drug-likeness (QED) is 0.519. The van der Waals surface area contributed by atoms with Crippen LogP contribution < -0.4 is 0 Å². The van der Waals surface area contributed by atoms with Gasteiger partial charge in [-0.25, -0.2) is 0 Å². The van der Waals surface area contributed by atoms with E-state index in [1.807, 2.05) is 12.1 Å². The van der Waals surface area contributed by atoms with E-state index in [1.54, 1.807) is 29.2 Å². The molecule has 6 heteroatoms. The van der Waals surface area contributed by atoms with Crippen LogP contribution in [0.15, 0.2) is 60.7 Å². The summed E-state index contributed by atoms with van der Waals surface area (Å²) in [6.45, 7) is 1.07. The molecule has 0 aromatic heterocycles. The van der Waals surface area contributed by atoms with Gasteiger partial charge in [-0.15, -0.1) is 0 Å². The Morgan fingerprint density at radius 2 is 1.53 bits per heavy atom. The van der Waals surface area contributed by atoms with Crippen molar-refractivity contribution in [2.45, 2.75) is 24.9 Å². The molecule has 1 saturated heterocycles. The number of amides is 1. The third kappa shape index (κ3) is 3.82. The highest BCUT2D eigenvalue weighted by Gasteiger charge is 2.33. The van der Waals surface area contributed by atoms with Crippen LogP contribution in [-0.4, -0.2) is 30.2 Å². The lowest BCUT2D eigenvalue weighted by molar-refractivity contribution is -0.136. The van der Waals surface area contributed by atoms with Crippen molar-refractivity contribution in [2.75, 3.05) is 13.1 Å². The normalized spacial score (nSPS) is 15.4. The van der Waals surface area contributed by atoms with Crippen LogP contribution in [0, 0.1) is 0 Å². The second-order valence-electron chi connectivity index (χ2n) is 7.56. The summed E-state index contributed by atoms with van der Waals surface area (Å²) in [5.41, 5.74) is 1.33. The fourth-order valence-corrected chi connectivity index (χ4v) is 4.18. The first-order chi connectivity index (χ1) is 14.4. The number of halogens is 3. The van der Waals surface area contributed by atoms with Crippen molar-refractivity contribution in [1.29, 1.82) is 0 Å². The summed E-state index contributed by atoms with van der Waals surface area (Å²) in [5.74, 6) is 0.0498. The molecule has 3 aromatic rings. The molecule has 3 nitrogen and oxygen atoms in total. The largest absolute Gasteiger partial charge is 0.417 e. The Kier molecular flexibility index (Phi) is 5.33. The topological polar surface area (TPSA) is 37.4 Å². The summed E-state index contributed by atoms with van der Waals surface area (Å²) in [7, 11) is 0. The van der Waals surface area contributed by atoms with Gasteiger partial charge in [0.1, 0.15) is 6.29 Å². The van der Waals surface area contributed by atoms with Gasteiger partial charge in [0.05, 0.1) is 5.56 Å².